The molecule has 0 aliphatic heterocycles. The van der Waals surface area contributed by atoms with Crippen molar-refractivity contribution in [1.82, 2.24) is 5.32 Å². The van der Waals surface area contributed by atoms with Crippen molar-refractivity contribution < 1.29 is 0 Å². The third-order valence-electron chi connectivity index (χ3n) is 1.51. The summed E-state index contributed by atoms with van der Waals surface area (Å²) in [6.07, 6.45) is 2.14. The van der Waals surface area contributed by atoms with Crippen LogP contribution in [-0.4, -0.2) is 13.6 Å². The summed E-state index contributed by atoms with van der Waals surface area (Å²) in [7, 11) is 1.94. The Morgan fingerprint density at radius 2 is 2.46 bits per heavy atom. The molecule has 13 heavy (non-hydrogen) atoms. The van der Waals surface area contributed by atoms with E-state index < -0.39 is 0 Å². The minimum absolute atomic E-state index is 0.809. The summed E-state index contributed by atoms with van der Waals surface area (Å²) in [5, 5.41) is 3.10. The van der Waals surface area contributed by atoms with E-state index in [0.717, 1.165) is 15.4 Å². The molecule has 0 aliphatic rings. The number of hydrogen-bond donors (Lipinski definition) is 1. The maximum absolute atomic E-state index is 5.92. The van der Waals surface area contributed by atoms with Crippen molar-refractivity contribution >= 4 is 44.9 Å². The lowest BCUT2D eigenvalue weighted by Gasteiger charge is -1.96. The second kappa shape index (κ2) is 5.15. The summed E-state index contributed by atoms with van der Waals surface area (Å²) in [6.45, 7) is 3.01. The van der Waals surface area contributed by atoms with E-state index in [9.17, 15) is 0 Å². The molecule has 1 heterocycles. The molecule has 0 radical (unpaired) electrons. The summed E-state index contributed by atoms with van der Waals surface area (Å²) in [5.41, 5.74) is 1.30. The van der Waals surface area contributed by atoms with Crippen molar-refractivity contribution in [1.29, 1.82) is 0 Å². The van der Waals surface area contributed by atoms with E-state index in [0.29, 0.717) is 0 Å². The zero-order chi connectivity index (χ0) is 9.84. The van der Waals surface area contributed by atoms with Gasteiger partial charge in [0.2, 0.25) is 0 Å². The first-order valence-corrected chi connectivity index (χ1v) is 5.89. The number of nitrogens with one attached hydrogen (secondary N) is 1. The molecule has 0 saturated carbocycles. The predicted octanol–water partition coefficient (Wildman–Crippen LogP) is 3.79. The standard InChI is InChI=1S/C9H11BrClNS/c1-6(5-12-2)3-7-4-8(10)9(11)13-7/h3-4,12H,5H2,1-2H3. The van der Waals surface area contributed by atoms with E-state index in [1.807, 2.05) is 13.1 Å². The van der Waals surface area contributed by atoms with E-state index in [-0.39, 0.29) is 0 Å². The van der Waals surface area contributed by atoms with E-state index in [1.54, 1.807) is 11.3 Å². The minimum Gasteiger partial charge on any atom is -0.316 e. The van der Waals surface area contributed by atoms with E-state index in [2.05, 4.69) is 34.2 Å². The van der Waals surface area contributed by atoms with Gasteiger partial charge in [-0.25, -0.2) is 0 Å². The molecular formula is C9H11BrClNS. The molecule has 0 unspecified atom stereocenters. The molecule has 4 heteroatoms. The van der Waals surface area contributed by atoms with Crippen LogP contribution in [0, 0.1) is 0 Å². The van der Waals surface area contributed by atoms with Crippen molar-refractivity contribution in [2.24, 2.45) is 0 Å². The number of hydrogen-bond acceptors (Lipinski definition) is 2. The Hall–Kier alpha value is 0.170. The van der Waals surface area contributed by atoms with Gasteiger partial charge in [0, 0.05) is 15.9 Å². The Morgan fingerprint density at radius 1 is 1.77 bits per heavy atom. The molecule has 0 saturated heterocycles. The average Bonchev–Trinajstić information content (AvgIpc) is 2.31. The summed E-state index contributed by atoms with van der Waals surface area (Å²) >= 11 is 10.9. The second-order valence-electron chi connectivity index (χ2n) is 2.79. The van der Waals surface area contributed by atoms with Gasteiger partial charge < -0.3 is 5.32 Å². The fourth-order valence-corrected chi connectivity index (χ4v) is 2.77. The highest BCUT2D eigenvalue weighted by molar-refractivity contribution is 9.10. The highest BCUT2D eigenvalue weighted by Gasteiger charge is 2.01. The van der Waals surface area contributed by atoms with Crippen molar-refractivity contribution in [3.63, 3.8) is 0 Å². The molecular weight excluding hydrogens is 270 g/mol. The zero-order valence-corrected chi connectivity index (χ0v) is 10.7. The van der Waals surface area contributed by atoms with Crippen molar-refractivity contribution in [3.05, 3.63) is 25.3 Å². The van der Waals surface area contributed by atoms with Crippen LogP contribution in [-0.2, 0) is 0 Å². The smallest absolute Gasteiger partial charge is 0.108 e. The lowest BCUT2D eigenvalue weighted by Crippen LogP contribution is -2.08. The van der Waals surface area contributed by atoms with Crippen LogP contribution in [0.1, 0.15) is 11.8 Å². The van der Waals surface area contributed by atoms with Gasteiger partial charge in [0.1, 0.15) is 4.34 Å². The summed E-state index contributed by atoms with van der Waals surface area (Å²) in [5.74, 6) is 0. The Balaban J connectivity index is 2.78. The molecule has 0 atom stereocenters. The first-order valence-electron chi connectivity index (χ1n) is 3.90. The molecule has 1 aromatic rings. The van der Waals surface area contributed by atoms with Crippen LogP contribution in [0.5, 0.6) is 0 Å². The van der Waals surface area contributed by atoms with Gasteiger partial charge in [0.15, 0.2) is 0 Å². The monoisotopic (exact) mass is 279 g/mol. The summed E-state index contributed by atoms with van der Waals surface area (Å²) < 4.78 is 1.78. The lowest BCUT2D eigenvalue weighted by atomic mass is 10.2. The number of halogens is 2. The first-order chi connectivity index (χ1) is 6.13. The minimum atomic E-state index is 0.809. The third-order valence-corrected chi connectivity index (χ3v) is 3.93. The van der Waals surface area contributed by atoms with Crippen molar-refractivity contribution in [2.75, 3.05) is 13.6 Å². The maximum atomic E-state index is 5.92. The maximum Gasteiger partial charge on any atom is 0.108 e. The van der Waals surface area contributed by atoms with E-state index in [1.165, 1.54) is 10.5 Å². The molecule has 0 aliphatic carbocycles. The predicted molar refractivity (Wildman–Crippen MR) is 64.6 cm³/mol. The number of rotatable bonds is 3. The molecule has 0 spiro atoms. The largest absolute Gasteiger partial charge is 0.316 e. The molecule has 0 bridgehead atoms. The normalized spacial score (nSPS) is 12.2. The van der Waals surface area contributed by atoms with Crippen LogP contribution < -0.4 is 5.32 Å². The van der Waals surface area contributed by atoms with Crippen LogP contribution >= 0.6 is 38.9 Å². The molecule has 1 nitrogen and oxygen atoms in total. The first kappa shape index (κ1) is 11.2. The SMILES string of the molecule is CNCC(C)=Cc1cc(Br)c(Cl)s1. The van der Waals surface area contributed by atoms with Crippen molar-refractivity contribution in [3.8, 4) is 0 Å². The van der Waals surface area contributed by atoms with Gasteiger partial charge in [0.25, 0.3) is 0 Å². The highest BCUT2D eigenvalue weighted by atomic mass is 79.9. The van der Waals surface area contributed by atoms with Gasteiger partial charge in [-0.1, -0.05) is 17.2 Å². The van der Waals surface area contributed by atoms with Crippen LogP contribution in [0.15, 0.2) is 16.1 Å². The Kier molecular flexibility index (Phi) is 4.46. The van der Waals surface area contributed by atoms with Gasteiger partial charge in [-0.2, -0.15) is 0 Å². The molecule has 0 fully saturated rings. The van der Waals surface area contributed by atoms with Crippen LogP contribution in [0.4, 0.5) is 0 Å². The average molecular weight is 281 g/mol. The molecule has 72 valence electrons. The quantitative estimate of drug-likeness (QED) is 0.888. The second-order valence-corrected chi connectivity index (χ2v) is 5.33. The molecule has 0 amide bonds. The number of likely N-dealkylation sites (N-methyl/N-ethyl adjacent to an activating group) is 1. The van der Waals surface area contributed by atoms with Gasteiger partial charge in [-0.15, -0.1) is 11.3 Å². The topological polar surface area (TPSA) is 12.0 Å². The van der Waals surface area contributed by atoms with E-state index >= 15 is 0 Å². The Morgan fingerprint density at radius 3 is 2.92 bits per heavy atom. The summed E-state index contributed by atoms with van der Waals surface area (Å²) in [6, 6.07) is 2.03. The molecule has 1 aromatic heterocycles. The number of thiophene rings is 1. The Bertz CT molecular complexity index is 300. The van der Waals surface area contributed by atoms with E-state index in [4.69, 9.17) is 11.6 Å². The lowest BCUT2D eigenvalue weighted by molar-refractivity contribution is 0.885. The molecule has 1 N–H and O–H groups in total. The fraction of sp³-hybridized carbons (Fsp3) is 0.333. The van der Waals surface area contributed by atoms with Crippen LogP contribution in [0.2, 0.25) is 4.34 Å². The Labute approximate surface area is 95.9 Å². The molecule has 0 aromatic carbocycles. The van der Waals surface area contributed by atoms with Gasteiger partial charge in [-0.05, 0) is 42.0 Å². The highest BCUT2D eigenvalue weighted by Crippen LogP contribution is 2.32. The van der Waals surface area contributed by atoms with Crippen LogP contribution in [0.25, 0.3) is 6.08 Å². The van der Waals surface area contributed by atoms with Crippen molar-refractivity contribution in [2.45, 2.75) is 6.92 Å². The fourth-order valence-electron chi connectivity index (χ4n) is 1.01. The van der Waals surface area contributed by atoms with Crippen LogP contribution in [0.3, 0.4) is 0 Å². The zero-order valence-electron chi connectivity index (χ0n) is 7.53. The molecule has 1 rings (SSSR count). The van der Waals surface area contributed by atoms with Gasteiger partial charge >= 0.3 is 0 Å². The third kappa shape index (κ3) is 3.43. The van der Waals surface area contributed by atoms with Gasteiger partial charge in [-0.3, -0.25) is 0 Å². The summed E-state index contributed by atoms with van der Waals surface area (Å²) in [4.78, 5) is 1.18. The van der Waals surface area contributed by atoms with Gasteiger partial charge in [0.05, 0.1) is 0 Å².